The third-order valence-electron chi connectivity index (χ3n) is 8.23. The molecule has 0 aliphatic heterocycles. The SMILES string of the molecule is CCCCCCCCCCCCCC=CC(O)C(N)CO.CCCCCCCCCCCCCC=CC(O)C(N)[C@@H](O)OP(=O)(O)O. The van der Waals surface area contributed by atoms with E-state index in [1.807, 2.05) is 6.08 Å². The van der Waals surface area contributed by atoms with Crippen LogP contribution in [0.1, 0.15) is 168 Å². The molecule has 282 valence electrons. The van der Waals surface area contributed by atoms with Crippen molar-refractivity contribution < 1.29 is 39.3 Å². The van der Waals surface area contributed by atoms with Gasteiger partial charge in [-0.05, 0) is 25.7 Å². The van der Waals surface area contributed by atoms with E-state index in [-0.39, 0.29) is 6.61 Å². The molecule has 0 saturated carbocycles. The van der Waals surface area contributed by atoms with Gasteiger partial charge in [0.25, 0.3) is 0 Å². The van der Waals surface area contributed by atoms with Crippen LogP contribution in [0.2, 0.25) is 0 Å². The molecule has 5 atom stereocenters. The first kappa shape index (κ1) is 48.5. The molecule has 0 aromatic rings. The zero-order chi connectivity index (χ0) is 35.6. The normalized spacial score (nSPS) is 15.4. The Labute approximate surface area is 287 Å². The Balaban J connectivity index is 0. The van der Waals surface area contributed by atoms with Gasteiger partial charge in [-0.1, -0.05) is 167 Å². The molecule has 0 radical (unpaired) electrons. The number of rotatable bonds is 32. The molecule has 0 aliphatic carbocycles. The van der Waals surface area contributed by atoms with Crippen molar-refractivity contribution in [3.63, 3.8) is 0 Å². The average molecular weight is 695 g/mol. The molecule has 0 aromatic carbocycles. The van der Waals surface area contributed by atoms with Gasteiger partial charge in [0.2, 0.25) is 0 Å². The van der Waals surface area contributed by atoms with Crippen molar-refractivity contribution in [3.8, 4) is 0 Å². The quantitative estimate of drug-likeness (QED) is 0.0153. The third kappa shape index (κ3) is 36.5. The molecule has 0 amide bonds. The number of hydrogen-bond acceptors (Lipinski definition) is 8. The molecular weight excluding hydrogens is 619 g/mol. The van der Waals surface area contributed by atoms with Crippen LogP contribution in [-0.2, 0) is 9.09 Å². The standard InChI is InChI=1S/C18H38NO6P.C18H37NO2/c1-2-3-4-5-6-7-8-9-10-11-12-13-14-15-16(20)17(19)18(21)25-26(22,23)24;1-2-3-4-5-6-7-8-9-10-11-12-13-14-15-18(21)17(19)16-20/h14-18,20-21H,2-13,19H2,1H3,(H2,22,23,24);14-15,17-18,20-21H,2-13,16,19H2,1H3/t16?,17?,18-;/m0./s1. The Morgan fingerprint density at radius 2 is 0.894 bits per heavy atom. The van der Waals surface area contributed by atoms with Crippen molar-refractivity contribution in [3.05, 3.63) is 24.3 Å². The molecule has 0 aromatic heterocycles. The number of unbranched alkanes of at least 4 members (excludes halogenated alkanes) is 22. The second-order valence-electron chi connectivity index (χ2n) is 12.9. The van der Waals surface area contributed by atoms with E-state index in [0.717, 1.165) is 25.7 Å². The number of phosphoric acid groups is 1. The fourth-order valence-electron chi connectivity index (χ4n) is 5.08. The maximum atomic E-state index is 10.6. The molecule has 0 spiro atoms. The summed E-state index contributed by atoms with van der Waals surface area (Å²) in [7, 11) is -4.84. The van der Waals surface area contributed by atoms with Crippen LogP contribution in [0.5, 0.6) is 0 Å². The number of allylic oxidation sites excluding steroid dienone is 2. The van der Waals surface area contributed by atoms with Gasteiger partial charge in [0, 0.05) is 0 Å². The number of hydrogen-bond donors (Lipinski definition) is 8. The minimum absolute atomic E-state index is 0.177. The van der Waals surface area contributed by atoms with Gasteiger partial charge in [-0.2, -0.15) is 0 Å². The van der Waals surface area contributed by atoms with E-state index in [1.165, 1.54) is 134 Å². The van der Waals surface area contributed by atoms with Gasteiger partial charge in [-0.15, -0.1) is 0 Å². The van der Waals surface area contributed by atoms with E-state index in [2.05, 4.69) is 18.4 Å². The summed E-state index contributed by atoms with van der Waals surface area (Å²) in [6.07, 6.45) is 33.6. The lowest BCUT2D eigenvalue weighted by molar-refractivity contribution is -0.0727. The molecule has 0 aliphatic rings. The first-order valence-corrected chi connectivity index (χ1v) is 20.3. The van der Waals surface area contributed by atoms with Gasteiger partial charge in [0.15, 0.2) is 6.29 Å². The topological polar surface area (TPSA) is 200 Å². The summed E-state index contributed by atoms with van der Waals surface area (Å²) in [4.78, 5) is 17.2. The number of phosphoric ester groups is 1. The summed E-state index contributed by atoms with van der Waals surface area (Å²) >= 11 is 0. The number of aliphatic hydroxyl groups excluding tert-OH is 4. The summed E-state index contributed by atoms with van der Waals surface area (Å²) in [5, 5.41) is 37.5. The first-order chi connectivity index (χ1) is 22.5. The smallest absolute Gasteiger partial charge is 0.395 e. The molecular formula is C36H75N2O8P. The van der Waals surface area contributed by atoms with E-state index < -0.39 is 38.4 Å². The lowest BCUT2D eigenvalue weighted by Gasteiger charge is -2.21. The molecule has 11 heteroatoms. The van der Waals surface area contributed by atoms with Crippen LogP contribution in [0.15, 0.2) is 24.3 Å². The van der Waals surface area contributed by atoms with Crippen molar-refractivity contribution in [1.82, 2.24) is 0 Å². The minimum Gasteiger partial charge on any atom is -0.395 e. The summed E-state index contributed by atoms with van der Waals surface area (Å²) in [5.41, 5.74) is 11.0. The highest BCUT2D eigenvalue weighted by molar-refractivity contribution is 7.46. The fourth-order valence-corrected chi connectivity index (χ4v) is 5.50. The summed E-state index contributed by atoms with van der Waals surface area (Å²) < 4.78 is 14.7. The highest BCUT2D eigenvalue weighted by Crippen LogP contribution is 2.37. The lowest BCUT2D eigenvalue weighted by atomic mass is 10.0. The van der Waals surface area contributed by atoms with Gasteiger partial charge in [-0.3, -0.25) is 4.52 Å². The van der Waals surface area contributed by atoms with E-state index in [1.54, 1.807) is 12.2 Å². The summed E-state index contributed by atoms with van der Waals surface area (Å²) in [5.74, 6) is 0. The van der Waals surface area contributed by atoms with Crippen LogP contribution in [0.25, 0.3) is 0 Å². The first-order valence-electron chi connectivity index (χ1n) is 18.7. The van der Waals surface area contributed by atoms with E-state index in [0.29, 0.717) is 0 Å². The van der Waals surface area contributed by atoms with E-state index >= 15 is 0 Å². The van der Waals surface area contributed by atoms with E-state index in [9.17, 15) is 19.9 Å². The predicted octanol–water partition coefficient (Wildman–Crippen LogP) is 7.28. The number of nitrogens with two attached hydrogens (primary N) is 2. The van der Waals surface area contributed by atoms with Gasteiger partial charge >= 0.3 is 7.82 Å². The van der Waals surface area contributed by atoms with Crippen LogP contribution in [-0.4, -0.2) is 67.4 Å². The molecule has 4 unspecified atom stereocenters. The van der Waals surface area contributed by atoms with Gasteiger partial charge in [-0.25, -0.2) is 4.57 Å². The van der Waals surface area contributed by atoms with Gasteiger partial charge in [0.1, 0.15) is 0 Å². The largest absolute Gasteiger partial charge is 0.471 e. The zero-order valence-electron chi connectivity index (χ0n) is 30.0. The molecule has 10 nitrogen and oxygen atoms in total. The minimum atomic E-state index is -4.84. The maximum absolute atomic E-state index is 10.6. The molecule has 0 heterocycles. The Bertz CT molecular complexity index is 752. The summed E-state index contributed by atoms with van der Waals surface area (Å²) in [6.45, 7) is 4.31. The monoisotopic (exact) mass is 695 g/mol. The van der Waals surface area contributed by atoms with E-state index in [4.69, 9.17) is 26.4 Å². The Morgan fingerprint density at radius 1 is 0.574 bits per heavy atom. The average Bonchev–Trinajstić information content (AvgIpc) is 3.03. The second-order valence-corrected chi connectivity index (χ2v) is 14.1. The third-order valence-corrected chi connectivity index (χ3v) is 8.72. The highest BCUT2D eigenvalue weighted by atomic mass is 31.2. The van der Waals surface area contributed by atoms with Crippen LogP contribution >= 0.6 is 7.82 Å². The summed E-state index contributed by atoms with van der Waals surface area (Å²) in [6, 6.07) is -1.88. The molecule has 0 rings (SSSR count). The maximum Gasteiger partial charge on any atom is 0.471 e. The Morgan fingerprint density at radius 3 is 1.21 bits per heavy atom. The molecule has 10 N–H and O–H groups in total. The van der Waals surface area contributed by atoms with Crippen LogP contribution in [0.3, 0.4) is 0 Å². The second kappa shape index (κ2) is 35.2. The molecule has 0 bridgehead atoms. The van der Waals surface area contributed by atoms with Crippen molar-refractivity contribution in [2.24, 2.45) is 11.5 Å². The molecule has 0 saturated heterocycles. The lowest BCUT2D eigenvalue weighted by Crippen LogP contribution is -2.44. The van der Waals surface area contributed by atoms with Gasteiger partial charge in [0.05, 0.1) is 30.9 Å². The highest BCUT2D eigenvalue weighted by Gasteiger charge is 2.28. The van der Waals surface area contributed by atoms with Crippen molar-refractivity contribution >= 4 is 7.82 Å². The van der Waals surface area contributed by atoms with Crippen LogP contribution in [0.4, 0.5) is 0 Å². The predicted molar refractivity (Wildman–Crippen MR) is 195 cm³/mol. The Hall–Kier alpha value is -0.650. The number of aliphatic hydroxyl groups is 4. The Kier molecular flexibility index (Phi) is 36.3. The molecule has 0 fully saturated rings. The fraction of sp³-hybridized carbons (Fsp3) is 0.889. The zero-order valence-corrected chi connectivity index (χ0v) is 30.9. The molecule has 47 heavy (non-hydrogen) atoms. The van der Waals surface area contributed by atoms with Crippen molar-refractivity contribution in [1.29, 1.82) is 0 Å². The van der Waals surface area contributed by atoms with Gasteiger partial charge < -0.3 is 41.7 Å². The van der Waals surface area contributed by atoms with Crippen LogP contribution in [0, 0.1) is 0 Å². The van der Waals surface area contributed by atoms with Crippen molar-refractivity contribution in [2.75, 3.05) is 6.61 Å². The van der Waals surface area contributed by atoms with Crippen molar-refractivity contribution in [2.45, 2.75) is 199 Å². The van der Waals surface area contributed by atoms with Crippen LogP contribution < -0.4 is 11.5 Å².